The third-order valence-corrected chi connectivity index (χ3v) is 4.50. The van der Waals surface area contributed by atoms with Gasteiger partial charge in [0.15, 0.2) is 0 Å². The minimum Gasteiger partial charge on any atom is -0.497 e. The van der Waals surface area contributed by atoms with Gasteiger partial charge in [-0.05, 0) is 49.4 Å². The van der Waals surface area contributed by atoms with E-state index < -0.39 is 5.97 Å². The predicted octanol–water partition coefficient (Wildman–Crippen LogP) is 4.49. The maximum Gasteiger partial charge on any atom is 0.356 e. The van der Waals surface area contributed by atoms with Crippen LogP contribution in [0.1, 0.15) is 16.1 Å². The number of nitrogens with one attached hydrogen (secondary N) is 1. The number of esters is 1. The van der Waals surface area contributed by atoms with Crippen LogP contribution in [0.2, 0.25) is 0 Å². The van der Waals surface area contributed by atoms with Gasteiger partial charge in [-0.3, -0.25) is 0 Å². The van der Waals surface area contributed by atoms with Crippen molar-refractivity contribution >= 4 is 27.8 Å². The molecule has 0 spiro atoms. The fraction of sp³-hybridized carbons (Fsp3) is 0.143. The molecule has 2 aromatic heterocycles. The van der Waals surface area contributed by atoms with Gasteiger partial charge in [-0.25, -0.2) is 9.78 Å². The van der Waals surface area contributed by atoms with E-state index in [2.05, 4.69) is 22.1 Å². The molecule has 2 heterocycles. The summed E-state index contributed by atoms with van der Waals surface area (Å²) in [7, 11) is 2.99. The molecule has 4 rings (SSSR count). The average molecular weight is 346 g/mol. The molecule has 0 unspecified atom stereocenters. The normalized spacial score (nSPS) is 11.0. The van der Waals surface area contributed by atoms with E-state index in [9.17, 15) is 4.79 Å². The lowest BCUT2D eigenvalue weighted by Gasteiger charge is -2.07. The van der Waals surface area contributed by atoms with Gasteiger partial charge in [0.1, 0.15) is 11.4 Å². The van der Waals surface area contributed by atoms with Crippen molar-refractivity contribution in [3.63, 3.8) is 0 Å². The Morgan fingerprint density at radius 3 is 2.46 bits per heavy atom. The second-order valence-corrected chi connectivity index (χ2v) is 6.17. The number of carbonyl (C=O) groups excluding carboxylic acids is 1. The van der Waals surface area contributed by atoms with Crippen LogP contribution in [-0.2, 0) is 4.74 Å². The molecule has 1 N–H and O–H groups in total. The van der Waals surface area contributed by atoms with Crippen LogP contribution >= 0.6 is 0 Å². The van der Waals surface area contributed by atoms with E-state index >= 15 is 0 Å². The van der Waals surface area contributed by atoms with Crippen molar-refractivity contribution in [3.05, 3.63) is 59.8 Å². The van der Waals surface area contributed by atoms with Crippen LogP contribution in [0.4, 0.5) is 0 Å². The number of ether oxygens (including phenoxy) is 2. The van der Waals surface area contributed by atoms with Crippen LogP contribution < -0.4 is 4.74 Å². The Labute approximate surface area is 150 Å². The van der Waals surface area contributed by atoms with E-state index in [4.69, 9.17) is 9.47 Å². The number of hydrogen-bond acceptors (Lipinski definition) is 4. The molecule has 5 heteroatoms. The van der Waals surface area contributed by atoms with Gasteiger partial charge in [0.25, 0.3) is 0 Å². The Bertz CT molecular complexity index is 1130. The van der Waals surface area contributed by atoms with Crippen molar-refractivity contribution in [3.8, 4) is 17.0 Å². The highest BCUT2D eigenvalue weighted by atomic mass is 16.5. The molecule has 0 saturated heterocycles. The van der Waals surface area contributed by atoms with Gasteiger partial charge in [-0.2, -0.15) is 0 Å². The van der Waals surface area contributed by atoms with Gasteiger partial charge in [0.05, 0.1) is 25.4 Å². The minimum atomic E-state index is -0.455. The lowest BCUT2D eigenvalue weighted by molar-refractivity contribution is 0.0594. The number of fused-ring (bicyclic) bond motifs is 3. The van der Waals surface area contributed by atoms with E-state index in [0.717, 1.165) is 38.7 Å². The van der Waals surface area contributed by atoms with Gasteiger partial charge in [0, 0.05) is 21.9 Å². The zero-order valence-electron chi connectivity index (χ0n) is 14.8. The molecule has 2 aromatic carbocycles. The Balaban J connectivity index is 2.05. The van der Waals surface area contributed by atoms with Crippen LogP contribution in [0.15, 0.2) is 48.5 Å². The molecule has 0 saturated carbocycles. The largest absolute Gasteiger partial charge is 0.497 e. The number of carbonyl (C=O) groups is 1. The Hall–Kier alpha value is -3.34. The summed E-state index contributed by atoms with van der Waals surface area (Å²) >= 11 is 0. The summed E-state index contributed by atoms with van der Waals surface area (Å²) in [5.41, 5.74) is 4.94. The first kappa shape index (κ1) is 16.1. The molecule has 0 aliphatic rings. The second-order valence-electron chi connectivity index (χ2n) is 6.17. The summed E-state index contributed by atoms with van der Waals surface area (Å²) in [5, 5.41) is 2.01. The second kappa shape index (κ2) is 6.19. The molecular formula is C21H18N2O3. The molecule has 0 bridgehead atoms. The van der Waals surface area contributed by atoms with Crippen molar-refractivity contribution < 1.29 is 14.3 Å². The monoisotopic (exact) mass is 346 g/mol. The first-order chi connectivity index (χ1) is 12.6. The zero-order valence-corrected chi connectivity index (χ0v) is 14.8. The quantitative estimate of drug-likeness (QED) is 0.555. The van der Waals surface area contributed by atoms with E-state index in [1.807, 2.05) is 37.3 Å². The molecule has 0 aliphatic carbocycles. The number of aromatic nitrogens is 2. The zero-order chi connectivity index (χ0) is 18.3. The minimum absolute atomic E-state index is 0.285. The fourth-order valence-electron chi connectivity index (χ4n) is 3.18. The highest BCUT2D eigenvalue weighted by Gasteiger charge is 2.17. The topological polar surface area (TPSA) is 64.2 Å². The molecule has 5 nitrogen and oxygen atoms in total. The lowest BCUT2D eigenvalue weighted by Crippen LogP contribution is -2.05. The Morgan fingerprint density at radius 2 is 1.77 bits per heavy atom. The number of pyridine rings is 1. The van der Waals surface area contributed by atoms with Gasteiger partial charge in [0.2, 0.25) is 0 Å². The van der Waals surface area contributed by atoms with Crippen LogP contribution in [-0.4, -0.2) is 30.2 Å². The first-order valence-electron chi connectivity index (χ1n) is 8.26. The number of aryl methyl sites for hydroxylation is 1. The van der Waals surface area contributed by atoms with Crippen LogP contribution in [0.5, 0.6) is 5.75 Å². The van der Waals surface area contributed by atoms with Crippen molar-refractivity contribution in [2.45, 2.75) is 6.92 Å². The Kier molecular flexibility index (Phi) is 3.84. The number of rotatable bonds is 3. The number of aromatic amines is 1. The summed E-state index contributed by atoms with van der Waals surface area (Å²) in [4.78, 5) is 20.2. The van der Waals surface area contributed by atoms with Crippen molar-refractivity contribution in [2.75, 3.05) is 14.2 Å². The van der Waals surface area contributed by atoms with Crippen LogP contribution in [0.3, 0.4) is 0 Å². The summed E-state index contributed by atoms with van der Waals surface area (Å²) < 4.78 is 10.1. The number of methoxy groups -OCH3 is 2. The maximum absolute atomic E-state index is 12.2. The number of nitrogens with zero attached hydrogens (tertiary/aromatic N) is 1. The molecule has 26 heavy (non-hydrogen) atoms. The summed E-state index contributed by atoms with van der Waals surface area (Å²) in [6.07, 6.45) is 0. The van der Waals surface area contributed by atoms with Crippen LogP contribution in [0.25, 0.3) is 33.1 Å². The fourth-order valence-corrected chi connectivity index (χ4v) is 3.18. The van der Waals surface area contributed by atoms with Crippen molar-refractivity contribution in [1.82, 2.24) is 9.97 Å². The third-order valence-electron chi connectivity index (χ3n) is 4.50. The van der Waals surface area contributed by atoms with Gasteiger partial charge in [-0.15, -0.1) is 0 Å². The number of hydrogen-bond donors (Lipinski definition) is 1. The smallest absolute Gasteiger partial charge is 0.356 e. The molecule has 0 aliphatic heterocycles. The summed E-state index contributed by atoms with van der Waals surface area (Å²) in [6, 6.07) is 15.6. The average Bonchev–Trinajstić information content (AvgIpc) is 3.04. The molecular weight excluding hydrogens is 328 g/mol. The highest BCUT2D eigenvalue weighted by Crippen LogP contribution is 2.33. The predicted molar refractivity (Wildman–Crippen MR) is 102 cm³/mol. The highest BCUT2D eigenvalue weighted by molar-refractivity contribution is 6.12. The van der Waals surface area contributed by atoms with Gasteiger partial charge >= 0.3 is 5.97 Å². The standard InChI is InChI=1S/C21H18N2O3/c1-12-4-9-17-15(10-12)16-11-18(21(24)26-3)23-19(20(16)22-17)13-5-7-14(25-2)8-6-13/h4-11,22H,1-3H3. The van der Waals surface area contributed by atoms with Crippen molar-refractivity contribution in [1.29, 1.82) is 0 Å². The summed E-state index contributed by atoms with van der Waals surface area (Å²) in [5.74, 6) is 0.310. The summed E-state index contributed by atoms with van der Waals surface area (Å²) in [6.45, 7) is 2.05. The first-order valence-corrected chi connectivity index (χ1v) is 8.26. The Morgan fingerprint density at radius 1 is 1.00 bits per heavy atom. The molecule has 0 amide bonds. The molecule has 0 fully saturated rings. The van der Waals surface area contributed by atoms with Gasteiger partial charge in [-0.1, -0.05) is 11.6 Å². The van der Waals surface area contributed by atoms with E-state index in [0.29, 0.717) is 5.69 Å². The number of benzene rings is 2. The molecule has 0 atom stereocenters. The third kappa shape index (κ3) is 2.58. The lowest BCUT2D eigenvalue weighted by atomic mass is 10.1. The molecule has 0 radical (unpaired) electrons. The van der Waals surface area contributed by atoms with Gasteiger partial charge < -0.3 is 14.5 Å². The maximum atomic E-state index is 12.2. The SMILES string of the molecule is COC(=O)c1cc2c([nH]c3ccc(C)cc32)c(-c2ccc(OC)cc2)n1. The van der Waals surface area contributed by atoms with Crippen LogP contribution in [0, 0.1) is 6.92 Å². The molecule has 130 valence electrons. The number of H-pyrrole nitrogens is 1. The van der Waals surface area contributed by atoms with E-state index in [1.54, 1.807) is 13.2 Å². The van der Waals surface area contributed by atoms with E-state index in [-0.39, 0.29) is 5.69 Å². The van der Waals surface area contributed by atoms with Crippen molar-refractivity contribution in [2.24, 2.45) is 0 Å². The molecule has 4 aromatic rings. The van der Waals surface area contributed by atoms with E-state index in [1.165, 1.54) is 7.11 Å².